The number of carboxylic acids is 2. The number of carbonyl (C=O) groups excluding carboxylic acids is 2. The third-order valence-electron chi connectivity index (χ3n) is 0.800. The van der Waals surface area contributed by atoms with Crippen LogP contribution in [-0.4, -0.2) is 56.1 Å². The number of hydrogen-bond donors (Lipinski definition) is 4. The number of hydrogen-bond acceptors (Lipinski definition) is 6. The monoisotopic (exact) mass is 372 g/mol. The van der Waals surface area contributed by atoms with E-state index in [0.29, 0.717) is 0 Å². The Bertz CT molecular complexity index is 265. The van der Waals surface area contributed by atoms with Crippen LogP contribution < -0.4 is 0 Å². The van der Waals surface area contributed by atoms with E-state index < -0.39 is 11.9 Å². The molecule has 9 heteroatoms. The van der Waals surface area contributed by atoms with Crippen molar-refractivity contribution < 1.29 is 61.3 Å². The van der Waals surface area contributed by atoms with Crippen molar-refractivity contribution in [2.24, 2.45) is 0 Å². The summed E-state index contributed by atoms with van der Waals surface area (Å²) >= 11 is 0. The van der Waals surface area contributed by atoms with Gasteiger partial charge in [-0.2, -0.15) is 0 Å². The van der Waals surface area contributed by atoms with Gasteiger partial charge in [-0.1, -0.05) is 0 Å². The molecule has 0 aromatic rings. The van der Waals surface area contributed by atoms with E-state index in [0.717, 1.165) is 0 Å². The van der Waals surface area contributed by atoms with Crippen LogP contribution in [0.1, 0.15) is 54.4 Å². The van der Waals surface area contributed by atoms with Crippen molar-refractivity contribution in [1.29, 1.82) is 0 Å². The van der Waals surface area contributed by atoms with Crippen molar-refractivity contribution >= 4 is 23.5 Å². The number of aliphatic hydroxyl groups excluding tert-OH is 2. The van der Waals surface area contributed by atoms with Gasteiger partial charge in [0.05, 0.1) is 0 Å². The van der Waals surface area contributed by atoms with Gasteiger partial charge in [-0.15, -0.1) is 0 Å². The number of Topliss-reactive ketones (excluding diaryl/α,β-unsaturated/α-hetero) is 2. The van der Waals surface area contributed by atoms with Crippen LogP contribution in [-0.2, 0) is 40.9 Å². The van der Waals surface area contributed by atoms with E-state index in [1.165, 1.54) is 13.8 Å². The average Bonchev–Trinajstić information content (AvgIpc) is 2.10. The van der Waals surface area contributed by atoms with E-state index in [1.807, 2.05) is 0 Å². The quantitative estimate of drug-likeness (QED) is 0.419. The fraction of sp³-hybridized carbons (Fsp3) is 0.714. The Kier molecular flexibility index (Phi) is 33.8. The average molecular weight is 372 g/mol. The van der Waals surface area contributed by atoms with Crippen molar-refractivity contribution in [3.05, 3.63) is 0 Å². The number of aliphatic hydroxyl groups is 2. The van der Waals surface area contributed by atoms with Gasteiger partial charge in [0.15, 0.2) is 0 Å². The first-order chi connectivity index (χ1) is 9.72. The van der Waals surface area contributed by atoms with Crippen LogP contribution in [0.5, 0.6) is 0 Å². The topological polar surface area (TPSA) is 149 Å². The van der Waals surface area contributed by atoms with E-state index in [4.69, 9.17) is 20.4 Å². The maximum atomic E-state index is 9.87. The van der Waals surface area contributed by atoms with Gasteiger partial charge in [0.25, 0.3) is 0 Å². The molecule has 0 amide bonds. The maximum absolute atomic E-state index is 9.87. The summed E-state index contributed by atoms with van der Waals surface area (Å²) in [6, 6.07) is 0. The Balaban J connectivity index is -0.0000000639. The molecule has 0 saturated heterocycles. The first-order valence-corrected chi connectivity index (χ1v) is 6.50. The van der Waals surface area contributed by atoms with Crippen molar-refractivity contribution in [1.82, 2.24) is 0 Å². The molecule has 0 aromatic carbocycles. The molecule has 0 saturated carbocycles. The molecule has 0 fully saturated rings. The van der Waals surface area contributed by atoms with Gasteiger partial charge in [0.2, 0.25) is 0 Å². The molecule has 0 aliphatic rings. The Hall–Kier alpha value is -1.09. The van der Waals surface area contributed by atoms with Crippen LogP contribution in [0.2, 0.25) is 0 Å². The van der Waals surface area contributed by atoms with Crippen LogP contribution in [0.15, 0.2) is 0 Å². The predicted octanol–water partition coefficient (Wildman–Crippen LogP) is 0.872. The molecule has 0 unspecified atom stereocenters. The van der Waals surface area contributed by atoms with E-state index in [2.05, 4.69) is 0 Å². The van der Waals surface area contributed by atoms with Gasteiger partial charge in [0, 0.05) is 33.9 Å². The second kappa shape index (κ2) is 23.2. The molecule has 8 nitrogen and oxygen atoms in total. The molecule has 136 valence electrons. The molecule has 23 heavy (non-hydrogen) atoms. The van der Waals surface area contributed by atoms with E-state index in [9.17, 15) is 19.2 Å². The van der Waals surface area contributed by atoms with E-state index in [1.54, 1.807) is 27.7 Å². The molecule has 0 aliphatic carbocycles. The zero-order valence-corrected chi connectivity index (χ0v) is 16.1. The van der Waals surface area contributed by atoms with Crippen LogP contribution in [0.25, 0.3) is 0 Å². The van der Waals surface area contributed by atoms with Gasteiger partial charge in [0.1, 0.15) is 24.4 Å². The second-order valence-electron chi connectivity index (χ2n) is 4.73. The smallest absolute Gasteiger partial charge is 0.310 e. The number of carboxylic acid groups (broad SMARTS) is 2. The van der Waals surface area contributed by atoms with E-state index in [-0.39, 0.29) is 58.3 Å². The van der Waals surface area contributed by atoms with Crippen LogP contribution in [0.3, 0.4) is 0 Å². The molecule has 0 rings (SSSR count). The fourth-order valence-corrected chi connectivity index (χ4v) is 0.426. The minimum Gasteiger partial charge on any atom is -0.481 e. The van der Waals surface area contributed by atoms with Crippen LogP contribution in [0, 0.1) is 0 Å². The Morgan fingerprint density at radius 3 is 0.826 bits per heavy atom. The molecular weight excluding hydrogens is 344 g/mol. The molecule has 0 heterocycles. The minimum absolute atomic E-state index is 0. The summed E-state index contributed by atoms with van der Waals surface area (Å²) in [7, 11) is 0. The zero-order valence-electron chi connectivity index (χ0n) is 14.5. The third-order valence-corrected chi connectivity index (χ3v) is 0.800. The fourth-order valence-electron chi connectivity index (χ4n) is 0.426. The van der Waals surface area contributed by atoms with Gasteiger partial charge in [-0.3, -0.25) is 19.2 Å². The molecule has 0 radical (unpaired) electrons. The molecule has 0 spiro atoms. The van der Waals surface area contributed by atoms with Crippen LogP contribution in [0.4, 0.5) is 0 Å². The molecular formula is C14H28O8Ti. The summed E-state index contributed by atoms with van der Waals surface area (Å²) in [6.45, 7) is 9.38. The SMILES string of the molecule is CC(=O)CC(=O)O.CC(=O)CC(=O)O.CC(C)O.CC(C)O.[Ti]. The van der Waals surface area contributed by atoms with Gasteiger partial charge in [-0.05, 0) is 41.5 Å². The Labute approximate surface area is 151 Å². The summed E-state index contributed by atoms with van der Waals surface area (Å²) in [5, 5.41) is 31.8. The summed E-state index contributed by atoms with van der Waals surface area (Å²) in [5.74, 6) is -2.75. The van der Waals surface area contributed by atoms with Gasteiger partial charge < -0.3 is 20.4 Å². The van der Waals surface area contributed by atoms with E-state index >= 15 is 0 Å². The first-order valence-electron chi connectivity index (χ1n) is 6.50. The molecule has 0 aliphatic heterocycles. The molecule has 0 aromatic heterocycles. The maximum Gasteiger partial charge on any atom is 0.310 e. The second-order valence-corrected chi connectivity index (χ2v) is 4.73. The molecule has 0 bridgehead atoms. The van der Waals surface area contributed by atoms with Crippen molar-refractivity contribution in [2.75, 3.05) is 0 Å². The molecule has 0 atom stereocenters. The summed E-state index contributed by atoms with van der Waals surface area (Å²) in [4.78, 5) is 38.9. The predicted molar refractivity (Wildman–Crippen MR) is 80.6 cm³/mol. The largest absolute Gasteiger partial charge is 0.481 e. The number of ketones is 2. The Morgan fingerprint density at radius 1 is 0.696 bits per heavy atom. The normalized spacial score (nSPS) is 8.09. The number of carbonyl (C=O) groups is 4. The summed E-state index contributed by atoms with van der Waals surface area (Å²) < 4.78 is 0. The number of rotatable bonds is 4. The molecule has 4 N–H and O–H groups in total. The third kappa shape index (κ3) is 157. The Morgan fingerprint density at radius 2 is 0.826 bits per heavy atom. The van der Waals surface area contributed by atoms with Crippen molar-refractivity contribution in [2.45, 2.75) is 66.6 Å². The zero-order chi connectivity index (χ0) is 18.9. The van der Waals surface area contributed by atoms with Crippen LogP contribution >= 0.6 is 0 Å². The first kappa shape index (κ1) is 33.5. The van der Waals surface area contributed by atoms with Crippen molar-refractivity contribution in [3.63, 3.8) is 0 Å². The summed E-state index contributed by atoms with van der Waals surface area (Å²) in [5.41, 5.74) is 0. The number of aliphatic carboxylic acids is 2. The standard InChI is InChI=1S/2C4H6O3.2C3H8O.Ti/c2*1-3(5)2-4(6)7;2*1-3(2)4;/h2*2H2,1H3,(H,6,7);2*3-4H,1-2H3;. The minimum atomic E-state index is -1.06. The summed E-state index contributed by atoms with van der Waals surface area (Å²) in [6.07, 6.45) is -1.06. The van der Waals surface area contributed by atoms with Gasteiger partial charge in [-0.25, -0.2) is 0 Å². The van der Waals surface area contributed by atoms with Crippen molar-refractivity contribution in [3.8, 4) is 0 Å². The van der Waals surface area contributed by atoms with Gasteiger partial charge >= 0.3 is 11.9 Å².